The Bertz CT molecular complexity index is 450. The molecule has 1 aliphatic carbocycles. The zero-order valence-electron chi connectivity index (χ0n) is 13.1. The summed E-state index contributed by atoms with van der Waals surface area (Å²) in [7, 11) is 0. The molecule has 2 rings (SSSR count). The molecular weight excluding hydrogens is 260 g/mol. The van der Waals surface area contributed by atoms with E-state index in [4.69, 9.17) is 5.73 Å². The van der Waals surface area contributed by atoms with Crippen molar-refractivity contribution in [2.24, 2.45) is 11.7 Å². The SMILES string of the molecule is CCCC1CCC(NC(=O)c2ccccc2CCN)CC1. The third-order valence-corrected chi connectivity index (χ3v) is 4.55. The number of hydrogen-bond acceptors (Lipinski definition) is 2. The van der Waals surface area contributed by atoms with Gasteiger partial charge >= 0.3 is 0 Å². The zero-order chi connectivity index (χ0) is 15.1. The van der Waals surface area contributed by atoms with Gasteiger partial charge in [0.1, 0.15) is 0 Å². The van der Waals surface area contributed by atoms with Crippen LogP contribution in [0.4, 0.5) is 0 Å². The summed E-state index contributed by atoms with van der Waals surface area (Å²) in [5.41, 5.74) is 7.47. The summed E-state index contributed by atoms with van der Waals surface area (Å²) in [4.78, 5) is 12.5. The summed E-state index contributed by atoms with van der Waals surface area (Å²) in [5.74, 6) is 0.936. The lowest BCUT2D eigenvalue weighted by molar-refractivity contribution is 0.0920. The normalized spacial score (nSPS) is 22.0. The van der Waals surface area contributed by atoms with Crippen molar-refractivity contribution in [2.75, 3.05) is 6.54 Å². The molecule has 0 heterocycles. The van der Waals surface area contributed by atoms with E-state index in [0.29, 0.717) is 12.6 Å². The molecule has 0 atom stereocenters. The second-order valence-electron chi connectivity index (χ2n) is 6.18. The molecule has 1 aromatic carbocycles. The topological polar surface area (TPSA) is 55.1 Å². The van der Waals surface area contributed by atoms with E-state index in [1.807, 2.05) is 24.3 Å². The molecular formula is C18H28N2O. The minimum Gasteiger partial charge on any atom is -0.349 e. The van der Waals surface area contributed by atoms with E-state index in [1.54, 1.807) is 0 Å². The van der Waals surface area contributed by atoms with Gasteiger partial charge < -0.3 is 11.1 Å². The van der Waals surface area contributed by atoms with Crippen molar-refractivity contribution in [3.05, 3.63) is 35.4 Å². The molecule has 3 N–H and O–H groups in total. The third kappa shape index (κ3) is 4.57. The van der Waals surface area contributed by atoms with Crippen molar-refractivity contribution in [3.8, 4) is 0 Å². The monoisotopic (exact) mass is 288 g/mol. The summed E-state index contributed by atoms with van der Waals surface area (Å²) < 4.78 is 0. The number of amides is 1. The van der Waals surface area contributed by atoms with Gasteiger partial charge in [-0.15, -0.1) is 0 Å². The highest BCUT2D eigenvalue weighted by molar-refractivity contribution is 5.95. The fraction of sp³-hybridized carbons (Fsp3) is 0.611. The van der Waals surface area contributed by atoms with E-state index >= 15 is 0 Å². The lowest BCUT2D eigenvalue weighted by Crippen LogP contribution is -2.38. The lowest BCUT2D eigenvalue weighted by Gasteiger charge is -2.29. The van der Waals surface area contributed by atoms with E-state index in [-0.39, 0.29) is 5.91 Å². The van der Waals surface area contributed by atoms with E-state index in [1.165, 1.54) is 25.7 Å². The first kappa shape index (κ1) is 16.0. The number of benzene rings is 1. The summed E-state index contributed by atoms with van der Waals surface area (Å²) in [6.45, 7) is 2.83. The van der Waals surface area contributed by atoms with Gasteiger partial charge in [0.05, 0.1) is 0 Å². The Morgan fingerprint density at radius 2 is 1.95 bits per heavy atom. The molecule has 116 valence electrons. The van der Waals surface area contributed by atoms with Crippen molar-refractivity contribution in [1.29, 1.82) is 0 Å². The predicted molar refractivity (Wildman–Crippen MR) is 87.3 cm³/mol. The number of rotatable bonds is 6. The molecule has 1 aromatic rings. The Labute approximate surface area is 128 Å². The first-order valence-electron chi connectivity index (χ1n) is 8.33. The first-order valence-corrected chi connectivity index (χ1v) is 8.33. The fourth-order valence-corrected chi connectivity index (χ4v) is 3.38. The van der Waals surface area contributed by atoms with Crippen LogP contribution in [0.25, 0.3) is 0 Å². The maximum Gasteiger partial charge on any atom is 0.251 e. The smallest absolute Gasteiger partial charge is 0.251 e. The van der Waals surface area contributed by atoms with Gasteiger partial charge in [0.25, 0.3) is 5.91 Å². The van der Waals surface area contributed by atoms with Gasteiger partial charge in [-0.25, -0.2) is 0 Å². The van der Waals surface area contributed by atoms with E-state index < -0.39 is 0 Å². The van der Waals surface area contributed by atoms with Crippen molar-refractivity contribution in [1.82, 2.24) is 5.32 Å². The summed E-state index contributed by atoms with van der Waals surface area (Å²) in [6.07, 6.45) is 8.11. The molecule has 21 heavy (non-hydrogen) atoms. The third-order valence-electron chi connectivity index (χ3n) is 4.55. The van der Waals surface area contributed by atoms with E-state index in [2.05, 4.69) is 12.2 Å². The molecule has 3 heteroatoms. The van der Waals surface area contributed by atoms with Gasteiger partial charge in [0.2, 0.25) is 0 Å². The quantitative estimate of drug-likeness (QED) is 0.844. The molecule has 0 spiro atoms. The highest BCUT2D eigenvalue weighted by Gasteiger charge is 2.22. The molecule has 1 amide bonds. The lowest BCUT2D eigenvalue weighted by atomic mass is 9.83. The van der Waals surface area contributed by atoms with Crippen LogP contribution in [-0.4, -0.2) is 18.5 Å². The Morgan fingerprint density at radius 3 is 2.62 bits per heavy atom. The van der Waals surface area contributed by atoms with Gasteiger partial charge in [-0.3, -0.25) is 4.79 Å². The molecule has 1 saturated carbocycles. The highest BCUT2D eigenvalue weighted by Crippen LogP contribution is 2.28. The Morgan fingerprint density at radius 1 is 1.24 bits per heavy atom. The molecule has 0 aliphatic heterocycles. The summed E-state index contributed by atoms with van der Waals surface area (Å²) in [6, 6.07) is 8.14. The standard InChI is InChI=1S/C18H28N2O/c1-2-5-14-8-10-16(11-9-14)20-18(21)17-7-4-3-6-15(17)12-13-19/h3-4,6-7,14,16H,2,5,8-13,19H2,1H3,(H,20,21). The molecule has 3 nitrogen and oxygen atoms in total. The Balaban J connectivity index is 1.90. The summed E-state index contributed by atoms with van der Waals surface area (Å²) in [5, 5.41) is 3.22. The number of nitrogens with one attached hydrogen (secondary N) is 1. The Hall–Kier alpha value is -1.35. The average molecular weight is 288 g/mol. The van der Waals surface area contributed by atoms with Crippen LogP contribution in [0.15, 0.2) is 24.3 Å². The molecule has 0 radical (unpaired) electrons. The van der Waals surface area contributed by atoms with Crippen molar-refractivity contribution >= 4 is 5.91 Å². The zero-order valence-corrected chi connectivity index (χ0v) is 13.1. The highest BCUT2D eigenvalue weighted by atomic mass is 16.1. The van der Waals surface area contributed by atoms with Crippen LogP contribution in [0.1, 0.15) is 61.4 Å². The minimum absolute atomic E-state index is 0.0676. The fourth-order valence-electron chi connectivity index (χ4n) is 3.38. The molecule has 1 aliphatic rings. The molecule has 0 saturated heterocycles. The Kier molecular flexibility index (Phi) is 6.24. The van der Waals surface area contributed by atoms with E-state index in [9.17, 15) is 4.79 Å². The average Bonchev–Trinajstić information content (AvgIpc) is 2.50. The van der Waals surface area contributed by atoms with Gasteiger partial charge in [-0.1, -0.05) is 38.0 Å². The second kappa shape index (κ2) is 8.18. The summed E-state index contributed by atoms with van der Waals surface area (Å²) >= 11 is 0. The second-order valence-corrected chi connectivity index (χ2v) is 6.18. The molecule has 0 bridgehead atoms. The number of carbonyl (C=O) groups excluding carboxylic acids is 1. The van der Waals surface area contributed by atoms with Crippen LogP contribution in [0.5, 0.6) is 0 Å². The molecule has 1 fully saturated rings. The van der Waals surface area contributed by atoms with Crippen molar-refractivity contribution in [2.45, 2.75) is 57.9 Å². The maximum atomic E-state index is 12.5. The van der Waals surface area contributed by atoms with Crippen LogP contribution >= 0.6 is 0 Å². The maximum absolute atomic E-state index is 12.5. The van der Waals surface area contributed by atoms with Gasteiger partial charge in [-0.05, 0) is 56.2 Å². The van der Waals surface area contributed by atoms with Gasteiger partial charge in [-0.2, -0.15) is 0 Å². The van der Waals surface area contributed by atoms with Crippen LogP contribution in [-0.2, 0) is 6.42 Å². The number of hydrogen-bond donors (Lipinski definition) is 2. The van der Waals surface area contributed by atoms with E-state index in [0.717, 1.165) is 36.3 Å². The molecule has 0 aromatic heterocycles. The minimum atomic E-state index is 0.0676. The molecule has 0 unspecified atom stereocenters. The van der Waals surface area contributed by atoms with Gasteiger partial charge in [0, 0.05) is 11.6 Å². The van der Waals surface area contributed by atoms with Crippen LogP contribution < -0.4 is 11.1 Å². The first-order chi connectivity index (χ1) is 10.2. The van der Waals surface area contributed by atoms with Gasteiger partial charge in [0.15, 0.2) is 0 Å². The van der Waals surface area contributed by atoms with Crippen LogP contribution in [0.2, 0.25) is 0 Å². The predicted octanol–water partition coefficient (Wildman–Crippen LogP) is 3.28. The van der Waals surface area contributed by atoms with Crippen molar-refractivity contribution in [3.63, 3.8) is 0 Å². The number of carbonyl (C=O) groups is 1. The van der Waals surface area contributed by atoms with Crippen LogP contribution in [0, 0.1) is 5.92 Å². The number of nitrogens with two attached hydrogens (primary N) is 1. The van der Waals surface area contributed by atoms with Crippen molar-refractivity contribution < 1.29 is 4.79 Å². The largest absolute Gasteiger partial charge is 0.349 e. The van der Waals surface area contributed by atoms with Crippen LogP contribution in [0.3, 0.4) is 0 Å².